The molecule has 2 aromatic rings. The second kappa shape index (κ2) is 6.56. The quantitative estimate of drug-likeness (QED) is 0.825. The fraction of sp³-hybridized carbons (Fsp3) is 0.368. The van der Waals surface area contributed by atoms with Crippen molar-refractivity contribution in [2.75, 3.05) is 24.5 Å². The van der Waals surface area contributed by atoms with Crippen molar-refractivity contribution < 1.29 is 9.59 Å². The van der Waals surface area contributed by atoms with Gasteiger partial charge in [-0.25, -0.2) is 0 Å². The molecule has 6 heteroatoms. The molecule has 1 saturated heterocycles. The van der Waals surface area contributed by atoms with Gasteiger partial charge in [0.15, 0.2) is 0 Å². The Morgan fingerprint density at radius 2 is 1.92 bits per heavy atom. The number of rotatable bonds is 2. The molecular formula is C19H22ClN3O2. The van der Waals surface area contributed by atoms with Gasteiger partial charge in [0.25, 0.3) is 5.91 Å². The van der Waals surface area contributed by atoms with Gasteiger partial charge < -0.3 is 14.4 Å². The molecular weight excluding hydrogens is 338 g/mol. The summed E-state index contributed by atoms with van der Waals surface area (Å²) in [5.41, 5.74) is 1.29. The highest BCUT2D eigenvalue weighted by atomic mass is 35.5. The minimum atomic E-state index is -0.109. The molecule has 1 aliphatic rings. The number of nitrogens with zero attached hydrogens (tertiary/aromatic N) is 3. The standard InChI is InChI=1S/C19H22ClN3O2/c1-19(2,3)22-8-7-14(12-22)18(25)21-9-10-23(17(24)13-21)16-6-4-5-15(20)11-16/h4-8,11-12H,9-10,13H2,1-3H3. The first-order chi connectivity index (χ1) is 11.8. The van der Waals surface area contributed by atoms with Gasteiger partial charge in [-0.05, 0) is 45.0 Å². The zero-order valence-electron chi connectivity index (χ0n) is 14.7. The second-order valence-corrected chi connectivity index (χ2v) is 7.67. The number of hydrogen-bond donors (Lipinski definition) is 0. The zero-order chi connectivity index (χ0) is 18.2. The minimum absolute atomic E-state index is 0.0754. The first-order valence-corrected chi connectivity index (χ1v) is 8.67. The van der Waals surface area contributed by atoms with E-state index in [2.05, 4.69) is 20.8 Å². The van der Waals surface area contributed by atoms with Crippen molar-refractivity contribution in [1.29, 1.82) is 0 Å². The highest BCUT2D eigenvalue weighted by Crippen LogP contribution is 2.22. The zero-order valence-corrected chi connectivity index (χ0v) is 15.5. The Morgan fingerprint density at radius 3 is 2.52 bits per heavy atom. The number of anilines is 1. The van der Waals surface area contributed by atoms with Gasteiger partial charge in [0, 0.05) is 41.7 Å². The van der Waals surface area contributed by atoms with Gasteiger partial charge in [0.1, 0.15) is 6.54 Å². The molecule has 0 aliphatic carbocycles. The van der Waals surface area contributed by atoms with E-state index < -0.39 is 0 Å². The summed E-state index contributed by atoms with van der Waals surface area (Å²) in [6.07, 6.45) is 3.74. The van der Waals surface area contributed by atoms with Crippen molar-refractivity contribution in [3.8, 4) is 0 Å². The van der Waals surface area contributed by atoms with E-state index >= 15 is 0 Å². The van der Waals surface area contributed by atoms with E-state index in [1.807, 2.05) is 29.1 Å². The fourth-order valence-electron chi connectivity index (χ4n) is 2.89. The average molecular weight is 360 g/mol. The number of halogens is 1. The molecule has 2 heterocycles. The summed E-state index contributed by atoms with van der Waals surface area (Å²) in [5.74, 6) is -0.209. The Hall–Kier alpha value is -2.27. The normalized spacial score (nSPS) is 15.6. The lowest BCUT2D eigenvalue weighted by Gasteiger charge is -2.34. The number of aromatic nitrogens is 1. The van der Waals surface area contributed by atoms with Crippen molar-refractivity contribution in [1.82, 2.24) is 9.47 Å². The third-order valence-corrected chi connectivity index (χ3v) is 4.58. The van der Waals surface area contributed by atoms with E-state index in [1.165, 1.54) is 0 Å². The molecule has 0 unspecified atom stereocenters. The minimum Gasteiger partial charge on any atom is -0.348 e. The summed E-state index contributed by atoms with van der Waals surface area (Å²) >= 11 is 6.01. The number of amides is 2. The van der Waals surface area contributed by atoms with Crippen LogP contribution in [0.3, 0.4) is 0 Å². The molecule has 2 amide bonds. The monoisotopic (exact) mass is 359 g/mol. The van der Waals surface area contributed by atoms with Gasteiger partial charge in [-0.15, -0.1) is 0 Å². The molecule has 0 spiro atoms. The molecule has 25 heavy (non-hydrogen) atoms. The molecule has 0 radical (unpaired) electrons. The molecule has 1 fully saturated rings. The van der Waals surface area contributed by atoms with Gasteiger partial charge in [0.05, 0.1) is 5.56 Å². The van der Waals surface area contributed by atoms with Crippen molar-refractivity contribution in [3.63, 3.8) is 0 Å². The van der Waals surface area contributed by atoms with E-state index in [0.29, 0.717) is 23.7 Å². The number of hydrogen-bond acceptors (Lipinski definition) is 2. The largest absolute Gasteiger partial charge is 0.348 e. The number of carbonyl (C=O) groups is 2. The maximum atomic E-state index is 12.7. The van der Waals surface area contributed by atoms with Gasteiger partial charge in [0.2, 0.25) is 5.91 Å². The van der Waals surface area contributed by atoms with Crippen LogP contribution in [0.1, 0.15) is 31.1 Å². The van der Waals surface area contributed by atoms with Crippen LogP contribution in [0.2, 0.25) is 5.02 Å². The predicted molar refractivity (Wildman–Crippen MR) is 99.1 cm³/mol. The molecule has 132 valence electrons. The first-order valence-electron chi connectivity index (χ1n) is 8.29. The molecule has 5 nitrogen and oxygen atoms in total. The molecule has 0 atom stereocenters. The lowest BCUT2D eigenvalue weighted by Crippen LogP contribution is -2.52. The van der Waals surface area contributed by atoms with Crippen LogP contribution in [-0.4, -0.2) is 40.9 Å². The topological polar surface area (TPSA) is 45.6 Å². The molecule has 1 aromatic carbocycles. The highest BCUT2D eigenvalue weighted by Gasteiger charge is 2.29. The van der Waals surface area contributed by atoms with Gasteiger partial charge in [-0.1, -0.05) is 17.7 Å². The van der Waals surface area contributed by atoms with Crippen LogP contribution < -0.4 is 4.90 Å². The number of carbonyl (C=O) groups excluding carboxylic acids is 2. The lowest BCUT2D eigenvalue weighted by atomic mass is 10.1. The molecule has 0 bridgehead atoms. The van der Waals surface area contributed by atoms with Crippen molar-refractivity contribution in [2.45, 2.75) is 26.3 Å². The van der Waals surface area contributed by atoms with E-state index in [0.717, 1.165) is 5.69 Å². The fourth-order valence-corrected chi connectivity index (χ4v) is 3.07. The number of benzene rings is 1. The van der Waals surface area contributed by atoms with Crippen LogP contribution in [0.25, 0.3) is 0 Å². The Balaban J connectivity index is 1.71. The average Bonchev–Trinajstić information content (AvgIpc) is 3.04. The Bertz CT molecular complexity index is 807. The highest BCUT2D eigenvalue weighted by molar-refractivity contribution is 6.30. The van der Waals surface area contributed by atoms with Crippen LogP contribution in [0.5, 0.6) is 0 Å². The Morgan fingerprint density at radius 1 is 1.16 bits per heavy atom. The van der Waals surface area contributed by atoms with Crippen LogP contribution in [0.4, 0.5) is 5.69 Å². The number of piperazine rings is 1. The van der Waals surface area contributed by atoms with Crippen LogP contribution in [-0.2, 0) is 10.3 Å². The maximum Gasteiger partial charge on any atom is 0.255 e. The van der Waals surface area contributed by atoms with Crippen molar-refractivity contribution in [3.05, 3.63) is 53.3 Å². The summed E-state index contributed by atoms with van der Waals surface area (Å²) in [6, 6.07) is 9.01. The van der Waals surface area contributed by atoms with Crippen molar-refractivity contribution in [2.24, 2.45) is 0 Å². The van der Waals surface area contributed by atoms with Gasteiger partial charge >= 0.3 is 0 Å². The van der Waals surface area contributed by atoms with E-state index in [-0.39, 0.29) is 23.9 Å². The third kappa shape index (κ3) is 3.71. The maximum absolute atomic E-state index is 12.7. The summed E-state index contributed by atoms with van der Waals surface area (Å²) in [6.45, 7) is 7.27. The third-order valence-electron chi connectivity index (χ3n) is 4.34. The smallest absolute Gasteiger partial charge is 0.255 e. The van der Waals surface area contributed by atoms with E-state index in [4.69, 9.17) is 11.6 Å². The van der Waals surface area contributed by atoms with Gasteiger partial charge in [-0.2, -0.15) is 0 Å². The first kappa shape index (κ1) is 17.5. The van der Waals surface area contributed by atoms with Gasteiger partial charge in [-0.3, -0.25) is 9.59 Å². The summed E-state index contributed by atoms with van der Waals surface area (Å²) in [4.78, 5) is 28.5. The van der Waals surface area contributed by atoms with Crippen LogP contribution >= 0.6 is 11.6 Å². The SMILES string of the molecule is CC(C)(C)n1ccc(C(=O)N2CCN(c3cccc(Cl)c3)C(=O)C2)c1. The molecule has 0 N–H and O–H groups in total. The van der Waals surface area contributed by atoms with E-state index in [1.54, 1.807) is 28.0 Å². The van der Waals surface area contributed by atoms with Crippen LogP contribution in [0, 0.1) is 0 Å². The summed E-state index contributed by atoms with van der Waals surface area (Å²) < 4.78 is 2.00. The summed E-state index contributed by atoms with van der Waals surface area (Å²) in [7, 11) is 0. The molecule has 3 rings (SSSR count). The summed E-state index contributed by atoms with van der Waals surface area (Å²) in [5, 5.41) is 0.590. The molecule has 1 aliphatic heterocycles. The Labute approximate surface area is 152 Å². The van der Waals surface area contributed by atoms with E-state index in [9.17, 15) is 9.59 Å². The predicted octanol–water partition coefficient (Wildman–Crippen LogP) is 3.39. The van der Waals surface area contributed by atoms with Crippen molar-refractivity contribution >= 4 is 29.1 Å². The second-order valence-electron chi connectivity index (χ2n) is 7.23. The Kier molecular flexibility index (Phi) is 4.60. The molecule has 0 saturated carbocycles. The molecule has 1 aromatic heterocycles. The van der Waals surface area contributed by atoms with Crippen LogP contribution in [0.15, 0.2) is 42.7 Å². The lowest BCUT2D eigenvalue weighted by molar-refractivity contribution is -0.120.